The van der Waals surface area contributed by atoms with Crippen molar-refractivity contribution in [1.82, 2.24) is 9.29 Å². The number of hydrogen-bond donors (Lipinski definition) is 2. The van der Waals surface area contributed by atoms with Crippen molar-refractivity contribution >= 4 is 17.8 Å². The molecule has 3 N–H and O–H groups in total. The number of nitrogens with two attached hydrogens (primary N) is 1. The van der Waals surface area contributed by atoms with E-state index in [0.717, 1.165) is 0 Å². The Hall–Kier alpha value is -1.53. The van der Waals surface area contributed by atoms with Gasteiger partial charge in [-0.2, -0.15) is 4.99 Å². The normalized spacial score (nSPS) is 20.4. The summed E-state index contributed by atoms with van der Waals surface area (Å²) >= 11 is 1.44. The lowest BCUT2D eigenvalue weighted by molar-refractivity contribution is 0.384. The summed E-state index contributed by atoms with van der Waals surface area (Å²) in [5.74, 6) is 0.499. The number of aliphatic imine (C=N–C) groups is 1. The van der Waals surface area contributed by atoms with Crippen LogP contribution in [0.25, 0.3) is 0 Å². The summed E-state index contributed by atoms with van der Waals surface area (Å²) in [4.78, 5) is 8.24. The predicted octanol–water partition coefficient (Wildman–Crippen LogP) is 1.11. The van der Waals surface area contributed by atoms with Gasteiger partial charge in [0.15, 0.2) is 5.84 Å². The quantitative estimate of drug-likeness (QED) is 0.752. The van der Waals surface area contributed by atoms with E-state index in [1.54, 1.807) is 10.5 Å². The maximum atomic E-state index is 9.45. The zero-order valence-electron chi connectivity index (χ0n) is 8.74. The van der Waals surface area contributed by atoms with E-state index in [-0.39, 0.29) is 5.88 Å². The molecule has 1 aromatic heterocycles. The zero-order chi connectivity index (χ0) is 11.5. The fourth-order valence-corrected chi connectivity index (χ4v) is 2.04. The van der Waals surface area contributed by atoms with Gasteiger partial charge in [0.05, 0.1) is 0 Å². The van der Waals surface area contributed by atoms with E-state index in [2.05, 4.69) is 9.98 Å². The Balaban J connectivity index is 2.41. The van der Waals surface area contributed by atoms with Crippen LogP contribution in [0.5, 0.6) is 0 Å². The van der Waals surface area contributed by atoms with Crippen molar-refractivity contribution in [2.24, 2.45) is 10.7 Å². The zero-order valence-corrected chi connectivity index (χ0v) is 9.56. The molecule has 0 saturated heterocycles. The van der Waals surface area contributed by atoms with Gasteiger partial charge in [0, 0.05) is 18.5 Å². The molecule has 1 atom stereocenters. The summed E-state index contributed by atoms with van der Waals surface area (Å²) < 4.78 is 1.79. The van der Waals surface area contributed by atoms with Crippen LogP contribution in [0, 0.1) is 0 Å². The van der Waals surface area contributed by atoms with Gasteiger partial charge in [-0.1, -0.05) is 18.0 Å². The average molecular weight is 236 g/mol. The smallest absolute Gasteiger partial charge is 0.212 e. The second kappa shape index (κ2) is 4.54. The first-order chi connectivity index (χ1) is 7.72. The van der Waals surface area contributed by atoms with Crippen molar-refractivity contribution in [1.29, 1.82) is 0 Å². The molecule has 1 aliphatic heterocycles. The van der Waals surface area contributed by atoms with Gasteiger partial charge < -0.3 is 10.8 Å². The van der Waals surface area contributed by atoms with Crippen LogP contribution in [-0.4, -0.2) is 32.7 Å². The van der Waals surface area contributed by atoms with Crippen molar-refractivity contribution < 1.29 is 5.11 Å². The highest BCUT2D eigenvalue weighted by Gasteiger charge is 2.23. The maximum Gasteiger partial charge on any atom is 0.212 e. The Morgan fingerprint density at radius 1 is 1.50 bits per heavy atom. The molecule has 6 heteroatoms. The second-order valence-electron chi connectivity index (χ2n) is 3.17. The third-order valence-electron chi connectivity index (χ3n) is 2.11. The van der Waals surface area contributed by atoms with Gasteiger partial charge in [0.1, 0.15) is 11.9 Å². The minimum absolute atomic E-state index is 0.0709. The van der Waals surface area contributed by atoms with Crippen LogP contribution in [0.3, 0.4) is 0 Å². The molecule has 0 bridgehead atoms. The molecule has 0 amide bonds. The first-order valence-corrected chi connectivity index (χ1v) is 5.90. The molecule has 5 nitrogen and oxygen atoms in total. The fraction of sp³-hybridized carbons (Fsp3) is 0.200. The number of aliphatic hydroxyl groups excluding tert-OH is 1. The molecule has 16 heavy (non-hydrogen) atoms. The summed E-state index contributed by atoms with van der Waals surface area (Å²) in [6, 6.07) is 5.52. The largest absolute Gasteiger partial charge is 0.493 e. The summed E-state index contributed by atoms with van der Waals surface area (Å²) in [5, 5.41) is 9.45. The van der Waals surface area contributed by atoms with Gasteiger partial charge in [-0.05, 0) is 12.1 Å². The Morgan fingerprint density at radius 3 is 2.94 bits per heavy atom. The van der Waals surface area contributed by atoms with E-state index in [4.69, 9.17) is 5.73 Å². The minimum Gasteiger partial charge on any atom is -0.493 e. The summed E-state index contributed by atoms with van der Waals surface area (Å²) in [6.07, 6.45) is 4.67. The van der Waals surface area contributed by atoms with E-state index in [0.29, 0.717) is 11.5 Å². The number of amidine groups is 1. The number of pyridine rings is 1. The summed E-state index contributed by atoms with van der Waals surface area (Å²) in [6.45, 7) is 0. The first kappa shape index (κ1) is 11.0. The lowest BCUT2D eigenvalue weighted by atomic mass is 10.3. The second-order valence-corrected chi connectivity index (χ2v) is 3.93. The van der Waals surface area contributed by atoms with Gasteiger partial charge in [0.2, 0.25) is 5.88 Å². The Labute approximate surface area is 97.8 Å². The van der Waals surface area contributed by atoms with Crippen molar-refractivity contribution in [3.05, 3.63) is 42.0 Å². The third-order valence-corrected chi connectivity index (χ3v) is 2.92. The van der Waals surface area contributed by atoms with Crippen LogP contribution in [0.2, 0.25) is 0 Å². The van der Waals surface area contributed by atoms with Crippen LogP contribution in [-0.2, 0) is 0 Å². The highest BCUT2D eigenvalue weighted by atomic mass is 32.2. The molecular weight excluding hydrogens is 224 g/mol. The number of aromatic nitrogens is 1. The lowest BCUT2D eigenvalue weighted by Crippen LogP contribution is -2.42. The highest BCUT2D eigenvalue weighted by molar-refractivity contribution is 7.96. The number of aliphatic hydroxyl groups is 1. The van der Waals surface area contributed by atoms with Gasteiger partial charge in [-0.15, -0.1) is 0 Å². The third kappa shape index (κ3) is 2.02. The maximum absolute atomic E-state index is 9.45. The van der Waals surface area contributed by atoms with Crippen LogP contribution in [0.1, 0.15) is 5.69 Å². The SMILES string of the molecule is CSN1C(c2ccccn2)=NC(O)=CC1N. The molecule has 2 heterocycles. The van der Waals surface area contributed by atoms with E-state index in [9.17, 15) is 5.11 Å². The van der Waals surface area contributed by atoms with Gasteiger partial charge in [-0.3, -0.25) is 9.29 Å². The topological polar surface area (TPSA) is 74.7 Å². The molecule has 84 valence electrons. The number of hydrogen-bond acceptors (Lipinski definition) is 6. The Bertz CT molecular complexity index is 432. The van der Waals surface area contributed by atoms with Crippen molar-refractivity contribution in [3.63, 3.8) is 0 Å². The molecule has 0 saturated carbocycles. The summed E-state index contributed by atoms with van der Waals surface area (Å²) in [5.41, 5.74) is 6.55. The van der Waals surface area contributed by atoms with Crippen molar-refractivity contribution in [3.8, 4) is 0 Å². The molecule has 2 rings (SSSR count). The number of nitrogens with zero attached hydrogens (tertiary/aromatic N) is 3. The van der Waals surface area contributed by atoms with Crippen LogP contribution in [0.4, 0.5) is 0 Å². The van der Waals surface area contributed by atoms with E-state index < -0.39 is 6.17 Å². The molecule has 0 radical (unpaired) electrons. The molecule has 0 aromatic carbocycles. The Kier molecular flexibility index (Phi) is 3.12. The van der Waals surface area contributed by atoms with Gasteiger partial charge >= 0.3 is 0 Å². The standard InChI is InChI=1S/C10H12N4OS/c1-16-14-8(11)6-9(15)13-10(14)7-4-2-3-5-12-7/h2-6,8,15H,11H2,1H3. The molecule has 1 aliphatic rings. The van der Waals surface area contributed by atoms with Crippen molar-refractivity contribution in [2.45, 2.75) is 6.17 Å². The minimum atomic E-state index is -0.399. The van der Waals surface area contributed by atoms with E-state index in [1.165, 1.54) is 18.0 Å². The average Bonchev–Trinajstić information content (AvgIpc) is 2.29. The van der Waals surface area contributed by atoms with Crippen LogP contribution in [0.15, 0.2) is 41.3 Å². The highest BCUT2D eigenvalue weighted by Crippen LogP contribution is 2.20. The van der Waals surface area contributed by atoms with Gasteiger partial charge in [-0.25, -0.2) is 0 Å². The molecule has 0 aliphatic carbocycles. The summed E-state index contributed by atoms with van der Waals surface area (Å²) in [7, 11) is 0. The molecule has 1 aromatic rings. The van der Waals surface area contributed by atoms with E-state index in [1.807, 2.05) is 24.5 Å². The molecule has 0 fully saturated rings. The number of rotatable bonds is 2. The lowest BCUT2D eigenvalue weighted by Gasteiger charge is -2.29. The van der Waals surface area contributed by atoms with Crippen LogP contribution < -0.4 is 5.73 Å². The van der Waals surface area contributed by atoms with Crippen LogP contribution >= 0.6 is 11.9 Å². The fourth-order valence-electron chi connectivity index (χ4n) is 1.43. The molecule has 0 spiro atoms. The molecule has 1 unspecified atom stereocenters. The first-order valence-electron chi connectivity index (χ1n) is 4.72. The Morgan fingerprint density at radius 2 is 2.31 bits per heavy atom. The van der Waals surface area contributed by atoms with Gasteiger partial charge in [0.25, 0.3) is 0 Å². The monoisotopic (exact) mass is 236 g/mol. The molecular formula is C10H12N4OS. The van der Waals surface area contributed by atoms with E-state index >= 15 is 0 Å². The van der Waals surface area contributed by atoms with Crippen molar-refractivity contribution in [2.75, 3.05) is 6.26 Å². The predicted molar refractivity (Wildman–Crippen MR) is 64.8 cm³/mol.